The third-order valence-corrected chi connectivity index (χ3v) is 4.34. The Labute approximate surface area is 148 Å². The average molecular weight is 337 g/mol. The maximum atomic E-state index is 12.6. The van der Waals surface area contributed by atoms with Gasteiger partial charge in [0, 0.05) is 17.9 Å². The molecule has 0 unspecified atom stereocenters. The third-order valence-electron chi connectivity index (χ3n) is 4.34. The van der Waals surface area contributed by atoms with E-state index in [0.717, 1.165) is 28.1 Å². The lowest BCUT2D eigenvalue weighted by atomic mass is 10.1. The zero-order chi connectivity index (χ0) is 18.0. The van der Waals surface area contributed by atoms with Crippen LogP contribution in [0.4, 0.5) is 16.2 Å². The summed E-state index contributed by atoms with van der Waals surface area (Å²) in [6.45, 7) is 6.58. The van der Waals surface area contributed by atoms with Gasteiger partial charge in [-0.25, -0.2) is 4.79 Å². The maximum absolute atomic E-state index is 12.6. The Balaban J connectivity index is 1.62. The van der Waals surface area contributed by atoms with Gasteiger partial charge in [0.25, 0.3) is 0 Å². The van der Waals surface area contributed by atoms with E-state index in [1.54, 1.807) is 4.90 Å². The standard InChI is InChI=1S/C20H23N3O2/c1-13-4-6-17(7-5-13)23-9-8-18(19(23)24)22-20(25)21-16-11-14(2)10-15(3)12-16/h4-7,10-12,18H,8-9H2,1-3H3,(H2,21,22,25)/t18-/m1/s1. The van der Waals surface area contributed by atoms with Crippen LogP contribution in [0, 0.1) is 20.8 Å². The summed E-state index contributed by atoms with van der Waals surface area (Å²) in [7, 11) is 0. The molecule has 1 fully saturated rings. The molecule has 0 saturated carbocycles. The first-order chi connectivity index (χ1) is 11.9. The van der Waals surface area contributed by atoms with Gasteiger partial charge in [-0.2, -0.15) is 0 Å². The van der Waals surface area contributed by atoms with E-state index >= 15 is 0 Å². The Morgan fingerprint density at radius 3 is 2.28 bits per heavy atom. The van der Waals surface area contributed by atoms with Crippen molar-refractivity contribution in [3.05, 3.63) is 59.2 Å². The van der Waals surface area contributed by atoms with E-state index < -0.39 is 6.04 Å². The number of anilines is 2. The van der Waals surface area contributed by atoms with Crippen molar-refractivity contribution in [2.45, 2.75) is 33.2 Å². The number of aryl methyl sites for hydroxylation is 3. The number of hydrogen-bond acceptors (Lipinski definition) is 2. The van der Waals surface area contributed by atoms with Crippen molar-refractivity contribution in [3.63, 3.8) is 0 Å². The van der Waals surface area contributed by atoms with Gasteiger partial charge in [0.15, 0.2) is 0 Å². The van der Waals surface area contributed by atoms with Crippen molar-refractivity contribution in [2.75, 3.05) is 16.8 Å². The van der Waals surface area contributed by atoms with E-state index in [9.17, 15) is 9.59 Å². The summed E-state index contributed by atoms with van der Waals surface area (Å²) in [5, 5.41) is 5.60. The van der Waals surface area contributed by atoms with Crippen molar-refractivity contribution in [1.82, 2.24) is 5.32 Å². The Morgan fingerprint density at radius 2 is 1.64 bits per heavy atom. The van der Waals surface area contributed by atoms with Gasteiger partial charge in [-0.15, -0.1) is 0 Å². The summed E-state index contributed by atoms with van der Waals surface area (Å²) < 4.78 is 0. The summed E-state index contributed by atoms with van der Waals surface area (Å²) in [6.07, 6.45) is 0.604. The number of hydrogen-bond donors (Lipinski definition) is 2. The smallest absolute Gasteiger partial charge is 0.319 e. The number of amides is 3. The minimum atomic E-state index is -0.493. The van der Waals surface area contributed by atoms with Crippen molar-refractivity contribution < 1.29 is 9.59 Å². The lowest BCUT2D eigenvalue weighted by Gasteiger charge is -2.17. The molecule has 3 rings (SSSR count). The van der Waals surface area contributed by atoms with Gasteiger partial charge < -0.3 is 15.5 Å². The summed E-state index contributed by atoms with van der Waals surface area (Å²) in [4.78, 5) is 26.5. The molecule has 5 nitrogen and oxygen atoms in total. The lowest BCUT2D eigenvalue weighted by Crippen LogP contribution is -2.43. The highest BCUT2D eigenvalue weighted by Crippen LogP contribution is 2.22. The van der Waals surface area contributed by atoms with Crippen LogP contribution in [-0.2, 0) is 4.79 Å². The fourth-order valence-corrected chi connectivity index (χ4v) is 3.17. The Morgan fingerprint density at radius 1 is 1.00 bits per heavy atom. The second kappa shape index (κ2) is 6.97. The van der Waals surface area contributed by atoms with Crippen LogP contribution < -0.4 is 15.5 Å². The highest BCUT2D eigenvalue weighted by atomic mass is 16.2. The Kier molecular flexibility index (Phi) is 4.74. The molecule has 1 saturated heterocycles. The minimum absolute atomic E-state index is 0.0700. The molecule has 2 N–H and O–H groups in total. The quantitative estimate of drug-likeness (QED) is 0.900. The van der Waals surface area contributed by atoms with Crippen LogP contribution in [0.25, 0.3) is 0 Å². The van der Waals surface area contributed by atoms with Crippen LogP contribution in [0.15, 0.2) is 42.5 Å². The average Bonchev–Trinajstić information content (AvgIpc) is 2.88. The zero-order valence-electron chi connectivity index (χ0n) is 14.8. The van der Waals surface area contributed by atoms with Crippen LogP contribution in [-0.4, -0.2) is 24.5 Å². The van der Waals surface area contributed by atoms with E-state index in [2.05, 4.69) is 10.6 Å². The van der Waals surface area contributed by atoms with Crippen molar-refractivity contribution >= 4 is 23.3 Å². The molecule has 1 atom stereocenters. The molecule has 0 radical (unpaired) electrons. The summed E-state index contributed by atoms with van der Waals surface area (Å²) >= 11 is 0. The van der Waals surface area contributed by atoms with Gasteiger partial charge in [0.1, 0.15) is 6.04 Å². The molecule has 0 aromatic heterocycles. The maximum Gasteiger partial charge on any atom is 0.319 e. The van der Waals surface area contributed by atoms with Gasteiger partial charge in [-0.3, -0.25) is 4.79 Å². The molecule has 25 heavy (non-hydrogen) atoms. The number of nitrogens with zero attached hydrogens (tertiary/aromatic N) is 1. The zero-order valence-corrected chi connectivity index (χ0v) is 14.8. The first kappa shape index (κ1) is 17.0. The molecule has 3 amide bonds. The van der Waals surface area contributed by atoms with E-state index in [4.69, 9.17) is 0 Å². The molecule has 2 aromatic carbocycles. The number of rotatable bonds is 3. The van der Waals surface area contributed by atoms with Crippen LogP contribution in [0.5, 0.6) is 0 Å². The second-order valence-electron chi connectivity index (χ2n) is 6.64. The topological polar surface area (TPSA) is 61.4 Å². The molecule has 1 aliphatic rings. The predicted molar refractivity (Wildman–Crippen MR) is 100 cm³/mol. The fraction of sp³-hybridized carbons (Fsp3) is 0.300. The van der Waals surface area contributed by atoms with E-state index in [1.165, 1.54) is 0 Å². The minimum Gasteiger partial charge on any atom is -0.326 e. The van der Waals surface area contributed by atoms with E-state index in [0.29, 0.717) is 13.0 Å². The van der Waals surface area contributed by atoms with Gasteiger partial charge in [0.05, 0.1) is 0 Å². The number of carbonyl (C=O) groups is 2. The number of carbonyl (C=O) groups excluding carboxylic acids is 2. The summed E-state index contributed by atoms with van der Waals surface area (Å²) in [5.74, 6) is -0.0700. The van der Waals surface area contributed by atoms with Crippen molar-refractivity contribution in [2.24, 2.45) is 0 Å². The molecule has 0 spiro atoms. The molecule has 1 aliphatic heterocycles. The molecule has 130 valence electrons. The summed E-state index contributed by atoms with van der Waals surface area (Å²) in [6, 6.07) is 12.8. The molecule has 2 aromatic rings. The van der Waals surface area contributed by atoms with Gasteiger partial charge in [0.2, 0.25) is 5.91 Å². The number of benzene rings is 2. The lowest BCUT2D eigenvalue weighted by molar-refractivity contribution is -0.118. The van der Waals surface area contributed by atoms with Crippen LogP contribution in [0.3, 0.4) is 0 Å². The number of urea groups is 1. The first-order valence-electron chi connectivity index (χ1n) is 8.46. The van der Waals surface area contributed by atoms with Crippen LogP contribution in [0.2, 0.25) is 0 Å². The van der Waals surface area contributed by atoms with Gasteiger partial charge in [-0.05, 0) is 62.6 Å². The SMILES string of the molecule is Cc1ccc(N2CC[C@@H](NC(=O)Nc3cc(C)cc(C)c3)C2=O)cc1. The Hall–Kier alpha value is -2.82. The number of nitrogens with one attached hydrogen (secondary N) is 2. The third kappa shape index (κ3) is 3.99. The van der Waals surface area contributed by atoms with Crippen LogP contribution in [0.1, 0.15) is 23.1 Å². The monoisotopic (exact) mass is 337 g/mol. The van der Waals surface area contributed by atoms with Crippen molar-refractivity contribution in [1.29, 1.82) is 0 Å². The highest BCUT2D eigenvalue weighted by Gasteiger charge is 2.33. The normalized spacial score (nSPS) is 16.8. The van der Waals surface area contributed by atoms with E-state index in [1.807, 2.05) is 63.2 Å². The highest BCUT2D eigenvalue weighted by molar-refractivity contribution is 6.02. The van der Waals surface area contributed by atoms with Crippen LogP contribution >= 0.6 is 0 Å². The van der Waals surface area contributed by atoms with Gasteiger partial charge >= 0.3 is 6.03 Å². The largest absolute Gasteiger partial charge is 0.326 e. The predicted octanol–water partition coefficient (Wildman–Crippen LogP) is 3.54. The molecule has 0 aliphatic carbocycles. The second-order valence-corrected chi connectivity index (χ2v) is 6.64. The molecular formula is C20H23N3O2. The molecular weight excluding hydrogens is 314 g/mol. The summed E-state index contributed by atoms with van der Waals surface area (Å²) in [5.41, 5.74) is 4.92. The molecule has 1 heterocycles. The van der Waals surface area contributed by atoms with Crippen molar-refractivity contribution in [3.8, 4) is 0 Å². The fourth-order valence-electron chi connectivity index (χ4n) is 3.17. The van der Waals surface area contributed by atoms with E-state index in [-0.39, 0.29) is 11.9 Å². The molecule has 5 heteroatoms. The molecule has 0 bridgehead atoms. The first-order valence-corrected chi connectivity index (χ1v) is 8.46. The Bertz CT molecular complexity index is 779. The van der Waals surface area contributed by atoms with Gasteiger partial charge in [-0.1, -0.05) is 23.8 Å².